The molecule has 17 heteroatoms. The number of aliphatic carboxylic acids is 1. The molecule has 2 aliphatic rings. The van der Waals surface area contributed by atoms with Crippen LogP contribution in [0.5, 0.6) is 11.5 Å². The van der Waals surface area contributed by atoms with Crippen LogP contribution >= 0.6 is 11.3 Å². The first kappa shape index (κ1) is 39.7. The predicted molar refractivity (Wildman–Crippen MR) is 183 cm³/mol. The van der Waals surface area contributed by atoms with Crippen molar-refractivity contribution < 1.29 is 55.3 Å². The number of thiophene rings is 1. The summed E-state index contributed by atoms with van der Waals surface area (Å²) in [6, 6.07) is 7.38. The molecule has 2 aliphatic heterocycles. The number of halogens is 6. The third-order valence-electron chi connectivity index (χ3n) is 9.50. The zero-order valence-electron chi connectivity index (χ0n) is 29.3. The number of carboxylic acids is 1. The van der Waals surface area contributed by atoms with E-state index >= 15 is 0 Å². The number of benzene rings is 1. The zero-order chi connectivity index (χ0) is 38.8. The predicted octanol–water partition coefficient (Wildman–Crippen LogP) is 7.24. The Balaban J connectivity index is 1.47. The van der Waals surface area contributed by atoms with Gasteiger partial charge in [0.1, 0.15) is 23.0 Å². The number of amides is 2. The number of piperidine rings is 1. The van der Waals surface area contributed by atoms with Gasteiger partial charge in [-0.3, -0.25) is 19.4 Å². The second-order valence-corrected chi connectivity index (χ2v) is 14.6. The number of ether oxygens (including phenoxy) is 2. The van der Waals surface area contributed by atoms with Gasteiger partial charge in [0, 0.05) is 63.0 Å². The molecule has 1 aromatic carbocycles. The summed E-state index contributed by atoms with van der Waals surface area (Å²) in [6.07, 6.45) is -7.24. The number of piperazine rings is 1. The molecular formula is C36H40F6N4O6S. The second kappa shape index (κ2) is 15.4. The van der Waals surface area contributed by atoms with Gasteiger partial charge < -0.3 is 29.3 Å². The molecule has 4 heterocycles. The van der Waals surface area contributed by atoms with Crippen molar-refractivity contribution in [2.24, 2.45) is 5.41 Å². The molecule has 0 unspecified atom stereocenters. The SMILES string of the molecule is CCC[C@H]1N(C(=O)c2cnccc2C(F)(F)F)CCC[C@@]1(Oc1csc(C(F)(F)F)c1)C(=O)N1CCN(c2ccccc2OCC(C)(C)C(=O)O)CC1. The van der Waals surface area contributed by atoms with Crippen LogP contribution < -0.4 is 14.4 Å². The summed E-state index contributed by atoms with van der Waals surface area (Å²) in [6.45, 7) is 5.55. The van der Waals surface area contributed by atoms with E-state index in [-0.39, 0.29) is 64.3 Å². The lowest BCUT2D eigenvalue weighted by atomic mass is 9.79. The maximum atomic E-state index is 14.8. The maximum Gasteiger partial charge on any atom is 0.425 e. The fourth-order valence-electron chi connectivity index (χ4n) is 6.68. The van der Waals surface area contributed by atoms with Gasteiger partial charge in [-0.1, -0.05) is 25.5 Å². The van der Waals surface area contributed by atoms with Gasteiger partial charge in [0.15, 0.2) is 0 Å². The van der Waals surface area contributed by atoms with E-state index in [1.165, 1.54) is 23.6 Å². The largest absolute Gasteiger partial charge is 0.490 e. The highest BCUT2D eigenvalue weighted by Gasteiger charge is 2.56. The molecule has 0 aliphatic carbocycles. The van der Waals surface area contributed by atoms with E-state index in [0.717, 1.165) is 23.8 Å². The van der Waals surface area contributed by atoms with E-state index in [4.69, 9.17) is 9.47 Å². The smallest absolute Gasteiger partial charge is 0.425 e. The van der Waals surface area contributed by atoms with Crippen molar-refractivity contribution in [3.8, 4) is 11.5 Å². The van der Waals surface area contributed by atoms with Gasteiger partial charge in [0.25, 0.3) is 11.8 Å². The number of aromatic nitrogens is 1. The number of carbonyl (C=O) groups is 3. The third kappa shape index (κ3) is 8.49. The Bertz CT molecular complexity index is 1790. The first-order chi connectivity index (χ1) is 24.9. The third-order valence-corrected chi connectivity index (χ3v) is 10.5. The second-order valence-electron chi connectivity index (χ2n) is 13.7. The van der Waals surface area contributed by atoms with Gasteiger partial charge >= 0.3 is 18.3 Å². The van der Waals surface area contributed by atoms with Crippen molar-refractivity contribution in [2.75, 3.05) is 44.2 Å². The van der Waals surface area contributed by atoms with Gasteiger partial charge in [-0.2, -0.15) is 26.3 Å². The van der Waals surface area contributed by atoms with E-state index in [1.807, 2.05) is 4.90 Å². The molecule has 2 saturated heterocycles. The minimum Gasteiger partial charge on any atom is -0.490 e. The summed E-state index contributed by atoms with van der Waals surface area (Å²) >= 11 is 0.381. The molecule has 0 saturated carbocycles. The molecule has 5 rings (SSSR count). The van der Waals surface area contributed by atoms with Crippen LogP contribution in [0.15, 0.2) is 54.2 Å². The van der Waals surface area contributed by atoms with Gasteiger partial charge in [0.2, 0.25) is 5.60 Å². The highest BCUT2D eigenvalue weighted by molar-refractivity contribution is 7.10. The summed E-state index contributed by atoms with van der Waals surface area (Å²) in [5.41, 5.74) is -4.33. The van der Waals surface area contributed by atoms with Crippen LogP contribution in [-0.4, -0.2) is 88.6 Å². The van der Waals surface area contributed by atoms with Crippen LogP contribution in [0.1, 0.15) is 67.3 Å². The van der Waals surface area contributed by atoms with E-state index in [1.54, 1.807) is 31.2 Å². The number of likely N-dealkylation sites (tertiary alicyclic amines) is 1. The molecule has 3 aromatic rings. The number of carboxylic acid groups (broad SMARTS) is 1. The van der Waals surface area contributed by atoms with Gasteiger partial charge in [-0.05, 0) is 44.9 Å². The van der Waals surface area contributed by atoms with Crippen LogP contribution in [0.25, 0.3) is 0 Å². The number of hydrogen-bond donors (Lipinski definition) is 1. The number of carbonyl (C=O) groups excluding carboxylic acids is 2. The Labute approximate surface area is 306 Å². The minimum absolute atomic E-state index is 0.00705. The molecule has 2 aromatic heterocycles. The van der Waals surface area contributed by atoms with Crippen LogP contribution in [0.2, 0.25) is 0 Å². The van der Waals surface area contributed by atoms with E-state index in [0.29, 0.717) is 35.3 Å². The highest BCUT2D eigenvalue weighted by Crippen LogP contribution is 2.43. The number of hydrogen-bond acceptors (Lipinski definition) is 8. The fourth-order valence-corrected chi connectivity index (χ4v) is 7.36. The quantitative estimate of drug-likeness (QED) is 0.203. The minimum atomic E-state index is -4.88. The summed E-state index contributed by atoms with van der Waals surface area (Å²) in [5, 5.41) is 10.7. The molecule has 10 nitrogen and oxygen atoms in total. The van der Waals surface area contributed by atoms with Crippen molar-refractivity contribution in [2.45, 2.75) is 70.4 Å². The molecular weight excluding hydrogens is 730 g/mol. The van der Waals surface area contributed by atoms with Crippen molar-refractivity contribution in [3.63, 3.8) is 0 Å². The Morgan fingerprint density at radius 3 is 2.32 bits per heavy atom. The highest BCUT2D eigenvalue weighted by atomic mass is 32.1. The first-order valence-corrected chi connectivity index (χ1v) is 17.9. The number of rotatable bonds is 11. The van der Waals surface area contributed by atoms with Crippen LogP contribution in [0.4, 0.5) is 32.0 Å². The molecule has 53 heavy (non-hydrogen) atoms. The van der Waals surface area contributed by atoms with Crippen LogP contribution in [0, 0.1) is 5.41 Å². The zero-order valence-corrected chi connectivity index (χ0v) is 30.1. The monoisotopic (exact) mass is 770 g/mol. The van der Waals surface area contributed by atoms with Crippen LogP contribution in [0.3, 0.4) is 0 Å². The Morgan fingerprint density at radius 2 is 1.70 bits per heavy atom. The molecule has 2 atom stereocenters. The molecule has 0 bridgehead atoms. The number of alkyl halides is 6. The summed E-state index contributed by atoms with van der Waals surface area (Å²) < 4.78 is 95.3. The van der Waals surface area contributed by atoms with Crippen molar-refractivity contribution >= 4 is 34.8 Å². The number of nitrogens with zero attached hydrogens (tertiary/aromatic N) is 4. The number of anilines is 1. The summed E-state index contributed by atoms with van der Waals surface area (Å²) in [5.74, 6) is -2.43. The topological polar surface area (TPSA) is 113 Å². The molecule has 288 valence electrons. The van der Waals surface area contributed by atoms with Crippen LogP contribution in [-0.2, 0) is 21.9 Å². The van der Waals surface area contributed by atoms with Crippen molar-refractivity contribution in [3.05, 3.63) is 70.2 Å². The molecule has 0 radical (unpaired) electrons. The molecule has 1 N–H and O–H groups in total. The Hall–Kier alpha value is -4.54. The van der Waals surface area contributed by atoms with E-state index in [2.05, 4.69) is 4.98 Å². The molecule has 2 amide bonds. The number of para-hydroxylation sites is 2. The van der Waals surface area contributed by atoms with E-state index in [9.17, 15) is 45.8 Å². The molecule has 0 spiro atoms. The Morgan fingerprint density at radius 1 is 1.00 bits per heavy atom. The molecule has 2 fully saturated rings. The maximum absolute atomic E-state index is 14.8. The Kier molecular flexibility index (Phi) is 11.6. The summed E-state index contributed by atoms with van der Waals surface area (Å²) in [4.78, 5) is 47.9. The standard InChI is InChI=1S/C36H40F6N4O6S/c1-4-8-28-34(52-23-19-29(53-21-23)36(40,41)42,12-7-14-46(28)30(47)24-20-43-13-11-25(24)35(37,38)39)31(48)45-17-15-44(16-18-45)26-9-5-6-10-27(26)51-22-33(2,3)32(49)50/h5-6,9-11,13,19-21,28H,4,7-8,12,14-18,22H2,1-3H3,(H,49,50)/t28-,34+/m1/s1. The van der Waals surface area contributed by atoms with Crippen molar-refractivity contribution in [1.82, 2.24) is 14.8 Å². The average molecular weight is 771 g/mol. The lowest BCUT2D eigenvalue weighted by Gasteiger charge is -2.50. The number of pyridine rings is 1. The van der Waals surface area contributed by atoms with Crippen molar-refractivity contribution in [1.29, 1.82) is 0 Å². The fraction of sp³-hybridized carbons (Fsp3) is 0.500. The van der Waals surface area contributed by atoms with E-state index < -0.39 is 63.2 Å². The van der Waals surface area contributed by atoms with Gasteiger partial charge in [0.05, 0.1) is 28.3 Å². The lowest BCUT2D eigenvalue weighted by molar-refractivity contribution is -0.159. The van der Waals surface area contributed by atoms with Gasteiger partial charge in [-0.25, -0.2) is 0 Å². The van der Waals surface area contributed by atoms with Gasteiger partial charge in [-0.15, -0.1) is 11.3 Å². The first-order valence-electron chi connectivity index (χ1n) is 17.1. The normalized spacial score (nSPS) is 19.9. The average Bonchev–Trinajstić information content (AvgIpc) is 3.60. The summed E-state index contributed by atoms with van der Waals surface area (Å²) in [7, 11) is 0. The lowest BCUT2D eigenvalue weighted by Crippen LogP contribution is -2.69.